The number of hydrazine groups is 1. The van der Waals surface area contributed by atoms with Crippen molar-refractivity contribution in [3.63, 3.8) is 0 Å². The molecule has 0 saturated carbocycles. The number of hydrogen-bond acceptors (Lipinski definition) is 3. The third kappa shape index (κ3) is 4.80. The van der Waals surface area contributed by atoms with Crippen molar-refractivity contribution in [2.75, 3.05) is 5.75 Å². The van der Waals surface area contributed by atoms with Crippen molar-refractivity contribution < 1.29 is 4.39 Å². The molecule has 2 rings (SSSR count). The first kappa shape index (κ1) is 15.3. The highest BCUT2D eigenvalue weighted by Gasteiger charge is 2.09. The van der Waals surface area contributed by atoms with Crippen molar-refractivity contribution >= 4 is 23.4 Å². The molecule has 5 heteroatoms. The van der Waals surface area contributed by atoms with Crippen LogP contribution in [0.5, 0.6) is 0 Å². The molecule has 106 valence electrons. The molecule has 0 bridgehead atoms. The van der Waals surface area contributed by atoms with Gasteiger partial charge in [-0.3, -0.25) is 11.3 Å². The molecule has 0 aromatic heterocycles. The Morgan fingerprint density at radius 1 is 1.20 bits per heavy atom. The van der Waals surface area contributed by atoms with Crippen molar-refractivity contribution in [1.82, 2.24) is 5.43 Å². The molecule has 3 N–H and O–H groups in total. The number of hydrogen-bond donors (Lipinski definition) is 2. The molecule has 0 aliphatic heterocycles. The summed E-state index contributed by atoms with van der Waals surface area (Å²) in [4.78, 5) is 1.03. The van der Waals surface area contributed by atoms with Crippen molar-refractivity contribution in [3.8, 4) is 0 Å². The lowest BCUT2D eigenvalue weighted by atomic mass is 10.1. The molecular formula is C15H16ClFN2S. The van der Waals surface area contributed by atoms with Gasteiger partial charge in [0.1, 0.15) is 5.82 Å². The van der Waals surface area contributed by atoms with Gasteiger partial charge in [0.05, 0.1) is 0 Å². The molecule has 0 aliphatic carbocycles. The van der Waals surface area contributed by atoms with E-state index in [0.717, 1.165) is 27.7 Å². The van der Waals surface area contributed by atoms with Crippen LogP contribution in [0.1, 0.15) is 5.56 Å². The van der Waals surface area contributed by atoms with E-state index in [1.165, 1.54) is 12.1 Å². The quantitative estimate of drug-likeness (QED) is 0.486. The second kappa shape index (κ2) is 7.64. The SMILES string of the molecule is NNC(CSc1ccc(F)cc1)Cc1cccc(Cl)c1. The molecule has 0 spiro atoms. The molecular weight excluding hydrogens is 295 g/mol. The Kier molecular flexibility index (Phi) is 5.86. The summed E-state index contributed by atoms with van der Waals surface area (Å²) in [6.45, 7) is 0. The molecule has 1 unspecified atom stereocenters. The van der Waals surface area contributed by atoms with Gasteiger partial charge >= 0.3 is 0 Å². The number of nitrogens with two attached hydrogens (primary N) is 1. The largest absolute Gasteiger partial charge is 0.271 e. The Bertz CT molecular complexity index is 548. The normalized spacial score (nSPS) is 12.3. The van der Waals surface area contributed by atoms with Gasteiger partial charge in [-0.25, -0.2) is 4.39 Å². The summed E-state index contributed by atoms with van der Waals surface area (Å²) < 4.78 is 12.8. The molecule has 0 fully saturated rings. The van der Waals surface area contributed by atoms with Crippen LogP contribution < -0.4 is 11.3 Å². The number of thioether (sulfide) groups is 1. The first-order valence-corrected chi connectivity index (χ1v) is 7.62. The van der Waals surface area contributed by atoms with E-state index in [9.17, 15) is 4.39 Å². The third-order valence-corrected chi connectivity index (χ3v) is 4.28. The van der Waals surface area contributed by atoms with Crippen molar-refractivity contribution in [3.05, 3.63) is 64.9 Å². The average Bonchev–Trinajstić information content (AvgIpc) is 2.45. The van der Waals surface area contributed by atoms with E-state index in [4.69, 9.17) is 17.4 Å². The van der Waals surface area contributed by atoms with Gasteiger partial charge in [0.15, 0.2) is 0 Å². The molecule has 1 atom stereocenters. The zero-order chi connectivity index (χ0) is 14.4. The summed E-state index contributed by atoms with van der Waals surface area (Å²) in [7, 11) is 0. The summed E-state index contributed by atoms with van der Waals surface area (Å²) in [6.07, 6.45) is 0.797. The van der Waals surface area contributed by atoms with Crippen LogP contribution in [0.3, 0.4) is 0 Å². The summed E-state index contributed by atoms with van der Waals surface area (Å²) in [5, 5.41) is 0.726. The Balaban J connectivity index is 1.90. The zero-order valence-electron chi connectivity index (χ0n) is 10.9. The van der Waals surface area contributed by atoms with Crippen LogP contribution in [-0.4, -0.2) is 11.8 Å². The van der Waals surface area contributed by atoms with Gasteiger partial charge in [-0.1, -0.05) is 23.7 Å². The molecule has 0 aliphatic rings. The molecule has 0 radical (unpaired) electrons. The van der Waals surface area contributed by atoms with Gasteiger partial charge in [0, 0.05) is 21.7 Å². The van der Waals surface area contributed by atoms with Gasteiger partial charge in [-0.15, -0.1) is 11.8 Å². The Hall–Kier alpha value is -1.07. The van der Waals surface area contributed by atoms with Crippen LogP contribution in [0, 0.1) is 5.82 Å². The van der Waals surface area contributed by atoms with E-state index >= 15 is 0 Å². The molecule has 0 heterocycles. The molecule has 20 heavy (non-hydrogen) atoms. The van der Waals surface area contributed by atoms with Crippen LogP contribution in [0.4, 0.5) is 4.39 Å². The molecule has 0 saturated heterocycles. The van der Waals surface area contributed by atoms with Crippen molar-refractivity contribution in [2.24, 2.45) is 5.84 Å². The van der Waals surface area contributed by atoms with E-state index in [1.54, 1.807) is 23.9 Å². The van der Waals surface area contributed by atoms with Gasteiger partial charge < -0.3 is 0 Å². The smallest absolute Gasteiger partial charge is 0.123 e. The first-order chi connectivity index (χ1) is 9.67. The number of benzene rings is 2. The van der Waals surface area contributed by atoms with Gasteiger partial charge in [-0.2, -0.15) is 0 Å². The lowest BCUT2D eigenvalue weighted by molar-refractivity contribution is 0.575. The number of rotatable bonds is 6. The van der Waals surface area contributed by atoms with Crippen LogP contribution in [0.15, 0.2) is 53.4 Å². The Labute approximate surface area is 127 Å². The maximum absolute atomic E-state index is 12.8. The predicted molar refractivity (Wildman–Crippen MR) is 83.4 cm³/mol. The van der Waals surface area contributed by atoms with E-state index in [-0.39, 0.29) is 11.9 Å². The maximum Gasteiger partial charge on any atom is 0.123 e. The molecule has 2 aromatic carbocycles. The summed E-state index contributed by atoms with van der Waals surface area (Å²) in [5.74, 6) is 6.17. The van der Waals surface area contributed by atoms with Crippen LogP contribution >= 0.6 is 23.4 Å². The second-order valence-electron chi connectivity index (χ2n) is 4.46. The van der Waals surface area contributed by atoms with E-state index in [0.29, 0.717) is 0 Å². The standard InChI is InChI=1S/C15H16ClFN2S/c16-12-3-1-2-11(8-12)9-14(19-18)10-20-15-6-4-13(17)5-7-15/h1-8,14,19H,9-10,18H2. The second-order valence-corrected chi connectivity index (χ2v) is 5.99. The Morgan fingerprint density at radius 2 is 1.95 bits per heavy atom. The van der Waals surface area contributed by atoms with E-state index in [2.05, 4.69) is 5.43 Å². The third-order valence-electron chi connectivity index (χ3n) is 2.87. The first-order valence-electron chi connectivity index (χ1n) is 6.26. The molecule has 2 aromatic rings. The lowest BCUT2D eigenvalue weighted by Crippen LogP contribution is -2.38. The highest BCUT2D eigenvalue weighted by molar-refractivity contribution is 7.99. The average molecular weight is 311 g/mol. The fourth-order valence-electron chi connectivity index (χ4n) is 1.84. The lowest BCUT2D eigenvalue weighted by Gasteiger charge is -2.15. The van der Waals surface area contributed by atoms with Crippen molar-refractivity contribution in [2.45, 2.75) is 17.4 Å². The number of nitrogens with one attached hydrogen (secondary N) is 1. The highest BCUT2D eigenvalue weighted by atomic mass is 35.5. The Morgan fingerprint density at radius 3 is 2.60 bits per heavy atom. The molecule has 2 nitrogen and oxygen atoms in total. The fraction of sp³-hybridized carbons (Fsp3) is 0.200. The van der Waals surface area contributed by atoms with Crippen LogP contribution in [0.25, 0.3) is 0 Å². The minimum Gasteiger partial charge on any atom is -0.271 e. The topological polar surface area (TPSA) is 38.0 Å². The van der Waals surface area contributed by atoms with Gasteiger partial charge in [0.25, 0.3) is 0 Å². The predicted octanol–water partition coefficient (Wildman–Crippen LogP) is 3.65. The van der Waals surface area contributed by atoms with Crippen LogP contribution in [0.2, 0.25) is 5.02 Å². The minimum atomic E-state index is -0.221. The summed E-state index contributed by atoms with van der Waals surface area (Å²) >= 11 is 7.61. The summed E-state index contributed by atoms with van der Waals surface area (Å²) in [5.41, 5.74) is 3.95. The maximum atomic E-state index is 12.8. The monoisotopic (exact) mass is 310 g/mol. The minimum absolute atomic E-state index is 0.128. The van der Waals surface area contributed by atoms with E-state index < -0.39 is 0 Å². The zero-order valence-corrected chi connectivity index (χ0v) is 12.4. The van der Waals surface area contributed by atoms with Gasteiger partial charge in [-0.05, 0) is 48.4 Å². The van der Waals surface area contributed by atoms with Gasteiger partial charge in [0.2, 0.25) is 0 Å². The molecule has 0 amide bonds. The van der Waals surface area contributed by atoms with Crippen LogP contribution in [-0.2, 0) is 6.42 Å². The summed E-state index contributed by atoms with van der Waals surface area (Å²) in [6, 6.07) is 14.3. The van der Waals surface area contributed by atoms with Crippen molar-refractivity contribution in [1.29, 1.82) is 0 Å². The van der Waals surface area contributed by atoms with E-state index in [1.807, 2.05) is 24.3 Å². The highest BCUT2D eigenvalue weighted by Crippen LogP contribution is 2.20. The number of halogens is 2. The fourth-order valence-corrected chi connectivity index (χ4v) is 2.99.